The molecule has 0 rings (SSSR count). The Morgan fingerprint density at radius 3 is 1.29 bits per heavy atom. The molecular formula is C10H26N4. The van der Waals surface area contributed by atoms with Crippen LogP contribution in [-0.2, 0) is 0 Å². The van der Waals surface area contributed by atoms with E-state index in [-0.39, 0.29) is 12.1 Å². The Bertz CT molecular complexity index is 105. The first-order valence-electron chi connectivity index (χ1n) is 5.62. The maximum Gasteiger partial charge on any atom is 0.00508 e. The fraction of sp³-hybridized carbons (Fsp3) is 1.00. The maximum atomic E-state index is 5.83. The molecule has 0 aromatic carbocycles. The summed E-state index contributed by atoms with van der Waals surface area (Å²) in [4.78, 5) is 0. The zero-order chi connectivity index (χ0) is 10.8. The fourth-order valence-electron chi connectivity index (χ4n) is 1.53. The summed E-state index contributed by atoms with van der Waals surface area (Å²) in [5.74, 6) is 0. The standard InChI is InChI=1S/C10H26N4/c11-7-5-9(13)3-1-2-4-10(14)6-8-12/h9-10H,1-8,11-14H2. The minimum atomic E-state index is 0.269. The highest BCUT2D eigenvalue weighted by Crippen LogP contribution is 2.06. The second kappa shape index (κ2) is 9.40. The van der Waals surface area contributed by atoms with Crippen LogP contribution < -0.4 is 22.9 Å². The van der Waals surface area contributed by atoms with Crippen molar-refractivity contribution in [1.82, 2.24) is 0 Å². The average molecular weight is 202 g/mol. The van der Waals surface area contributed by atoms with Crippen LogP contribution in [0.15, 0.2) is 0 Å². The van der Waals surface area contributed by atoms with Crippen molar-refractivity contribution in [1.29, 1.82) is 0 Å². The second-order valence-corrected chi connectivity index (χ2v) is 3.96. The van der Waals surface area contributed by atoms with E-state index >= 15 is 0 Å². The molecule has 0 aromatic heterocycles. The number of nitrogens with two attached hydrogens (primary N) is 4. The topological polar surface area (TPSA) is 104 Å². The van der Waals surface area contributed by atoms with E-state index in [2.05, 4.69) is 0 Å². The summed E-state index contributed by atoms with van der Waals surface area (Å²) in [5.41, 5.74) is 22.5. The molecule has 2 atom stereocenters. The van der Waals surface area contributed by atoms with E-state index in [1.807, 2.05) is 0 Å². The van der Waals surface area contributed by atoms with Crippen LogP contribution in [-0.4, -0.2) is 25.2 Å². The molecule has 2 unspecified atom stereocenters. The van der Waals surface area contributed by atoms with Crippen molar-refractivity contribution in [2.24, 2.45) is 22.9 Å². The molecule has 0 aromatic rings. The molecule has 0 aliphatic carbocycles. The highest BCUT2D eigenvalue weighted by Gasteiger charge is 2.03. The molecule has 0 aliphatic heterocycles. The molecule has 8 N–H and O–H groups in total. The number of hydrogen-bond acceptors (Lipinski definition) is 4. The summed E-state index contributed by atoms with van der Waals surface area (Å²) in [5, 5.41) is 0. The largest absolute Gasteiger partial charge is 0.330 e. The van der Waals surface area contributed by atoms with Gasteiger partial charge in [-0.1, -0.05) is 12.8 Å². The van der Waals surface area contributed by atoms with Gasteiger partial charge in [-0.2, -0.15) is 0 Å². The first kappa shape index (κ1) is 13.8. The van der Waals surface area contributed by atoms with Gasteiger partial charge in [0.05, 0.1) is 0 Å². The van der Waals surface area contributed by atoms with Crippen LogP contribution in [0.5, 0.6) is 0 Å². The van der Waals surface area contributed by atoms with Crippen molar-refractivity contribution in [3.8, 4) is 0 Å². The van der Waals surface area contributed by atoms with E-state index in [1.165, 1.54) is 0 Å². The molecule has 4 heteroatoms. The van der Waals surface area contributed by atoms with E-state index in [0.717, 1.165) is 38.5 Å². The second-order valence-electron chi connectivity index (χ2n) is 3.96. The first-order chi connectivity index (χ1) is 6.70. The molecule has 0 bridgehead atoms. The van der Waals surface area contributed by atoms with Gasteiger partial charge in [0.15, 0.2) is 0 Å². The van der Waals surface area contributed by atoms with Crippen molar-refractivity contribution >= 4 is 0 Å². The Balaban J connectivity index is 3.19. The molecule has 0 radical (unpaired) electrons. The third kappa shape index (κ3) is 8.44. The fourth-order valence-corrected chi connectivity index (χ4v) is 1.53. The molecule has 0 saturated carbocycles. The zero-order valence-corrected chi connectivity index (χ0v) is 9.12. The Morgan fingerprint density at radius 1 is 0.643 bits per heavy atom. The molecule has 0 aliphatic rings. The lowest BCUT2D eigenvalue weighted by molar-refractivity contribution is 0.491. The number of unbranched alkanes of at least 4 members (excludes halogenated alkanes) is 1. The summed E-state index contributed by atoms with van der Waals surface area (Å²) in [6.45, 7) is 1.38. The number of hydrogen-bond donors (Lipinski definition) is 4. The van der Waals surface area contributed by atoms with Crippen LogP contribution in [0.3, 0.4) is 0 Å². The zero-order valence-electron chi connectivity index (χ0n) is 9.12. The van der Waals surface area contributed by atoms with Gasteiger partial charge in [-0.05, 0) is 38.8 Å². The molecule has 0 spiro atoms. The van der Waals surface area contributed by atoms with E-state index in [0.29, 0.717) is 13.1 Å². The van der Waals surface area contributed by atoms with Crippen LogP contribution >= 0.6 is 0 Å². The minimum Gasteiger partial charge on any atom is -0.330 e. The van der Waals surface area contributed by atoms with Gasteiger partial charge in [0.1, 0.15) is 0 Å². The van der Waals surface area contributed by atoms with Gasteiger partial charge in [0, 0.05) is 12.1 Å². The van der Waals surface area contributed by atoms with Crippen LogP contribution in [0.25, 0.3) is 0 Å². The van der Waals surface area contributed by atoms with Crippen LogP contribution in [0, 0.1) is 0 Å². The lowest BCUT2D eigenvalue weighted by atomic mass is 10.0. The molecule has 0 heterocycles. The monoisotopic (exact) mass is 202 g/mol. The molecule has 0 amide bonds. The lowest BCUT2D eigenvalue weighted by Crippen LogP contribution is -2.25. The Kier molecular flexibility index (Phi) is 9.29. The van der Waals surface area contributed by atoms with Crippen LogP contribution in [0.2, 0.25) is 0 Å². The maximum absolute atomic E-state index is 5.83. The molecule has 0 fully saturated rings. The van der Waals surface area contributed by atoms with Crippen molar-refractivity contribution < 1.29 is 0 Å². The molecule has 4 nitrogen and oxygen atoms in total. The average Bonchev–Trinajstić information content (AvgIpc) is 2.13. The van der Waals surface area contributed by atoms with Crippen LogP contribution in [0.4, 0.5) is 0 Å². The van der Waals surface area contributed by atoms with Gasteiger partial charge in [-0.3, -0.25) is 0 Å². The van der Waals surface area contributed by atoms with Gasteiger partial charge >= 0.3 is 0 Å². The van der Waals surface area contributed by atoms with Crippen molar-refractivity contribution in [3.05, 3.63) is 0 Å². The third-order valence-corrected chi connectivity index (χ3v) is 2.47. The van der Waals surface area contributed by atoms with E-state index in [1.54, 1.807) is 0 Å². The van der Waals surface area contributed by atoms with Gasteiger partial charge in [0.2, 0.25) is 0 Å². The summed E-state index contributed by atoms with van der Waals surface area (Å²) in [7, 11) is 0. The molecule has 86 valence electrons. The van der Waals surface area contributed by atoms with Crippen LogP contribution in [0.1, 0.15) is 38.5 Å². The molecule has 0 saturated heterocycles. The summed E-state index contributed by atoms with van der Waals surface area (Å²) < 4.78 is 0. The van der Waals surface area contributed by atoms with Gasteiger partial charge < -0.3 is 22.9 Å². The minimum absolute atomic E-state index is 0.269. The quantitative estimate of drug-likeness (QED) is 0.392. The van der Waals surface area contributed by atoms with Crippen molar-refractivity contribution in [2.75, 3.05) is 13.1 Å². The van der Waals surface area contributed by atoms with E-state index in [4.69, 9.17) is 22.9 Å². The predicted octanol–water partition coefficient (Wildman–Crippen LogP) is -0.101. The third-order valence-electron chi connectivity index (χ3n) is 2.47. The van der Waals surface area contributed by atoms with E-state index < -0.39 is 0 Å². The van der Waals surface area contributed by atoms with Crippen molar-refractivity contribution in [2.45, 2.75) is 50.6 Å². The van der Waals surface area contributed by atoms with E-state index in [9.17, 15) is 0 Å². The Hall–Kier alpha value is -0.160. The number of rotatable bonds is 9. The molecular weight excluding hydrogens is 176 g/mol. The Labute approximate surface area is 87.4 Å². The smallest absolute Gasteiger partial charge is 0.00508 e. The first-order valence-corrected chi connectivity index (χ1v) is 5.62. The highest BCUT2D eigenvalue weighted by molar-refractivity contribution is 4.65. The summed E-state index contributed by atoms with van der Waals surface area (Å²) in [6, 6.07) is 0.538. The summed E-state index contributed by atoms with van der Waals surface area (Å²) in [6.07, 6.45) is 6.28. The van der Waals surface area contributed by atoms with Gasteiger partial charge in [-0.15, -0.1) is 0 Å². The lowest BCUT2D eigenvalue weighted by Gasteiger charge is -2.12. The molecule has 14 heavy (non-hydrogen) atoms. The Morgan fingerprint density at radius 2 is 1.00 bits per heavy atom. The van der Waals surface area contributed by atoms with Crippen molar-refractivity contribution in [3.63, 3.8) is 0 Å². The van der Waals surface area contributed by atoms with Gasteiger partial charge in [-0.25, -0.2) is 0 Å². The SMILES string of the molecule is NCCC(N)CCCCC(N)CCN. The summed E-state index contributed by atoms with van der Waals surface area (Å²) >= 11 is 0. The normalized spacial score (nSPS) is 15.4. The van der Waals surface area contributed by atoms with Gasteiger partial charge in [0.25, 0.3) is 0 Å². The highest BCUT2D eigenvalue weighted by atomic mass is 14.7. The predicted molar refractivity (Wildman–Crippen MR) is 61.8 cm³/mol.